The van der Waals surface area contributed by atoms with E-state index >= 15 is 0 Å². The molecule has 1 aliphatic heterocycles. The fourth-order valence-electron chi connectivity index (χ4n) is 3.18. The number of methoxy groups -OCH3 is 3. The van der Waals surface area contributed by atoms with Crippen LogP contribution in [0.3, 0.4) is 0 Å². The molecule has 0 unspecified atom stereocenters. The number of hydrogen-bond donors (Lipinski definition) is 1. The Kier molecular flexibility index (Phi) is 6.06. The van der Waals surface area contributed by atoms with E-state index in [1.54, 1.807) is 21.3 Å². The Bertz CT molecular complexity index is 805. The highest BCUT2D eigenvalue weighted by Gasteiger charge is 2.26. The normalized spacial score (nSPS) is 15.3. The number of amides is 1. The molecule has 0 saturated carbocycles. The Morgan fingerprint density at radius 3 is 2.63 bits per heavy atom. The summed E-state index contributed by atoms with van der Waals surface area (Å²) in [5.41, 5.74) is 2.07. The molecule has 1 amide bonds. The first-order valence-corrected chi connectivity index (χ1v) is 8.93. The molecule has 0 bridgehead atoms. The van der Waals surface area contributed by atoms with Crippen molar-refractivity contribution in [2.75, 3.05) is 34.5 Å². The van der Waals surface area contributed by atoms with Crippen LogP contribution >= 0.6 is 0 Å². The molecule has 0 spiro atoms. The largest absolute Gasteiger partial charge is 0.497 e. The van der Waals surface area contributed by atoms with Crippen LogP contribution in [0, 0.1) is 5.92 Å². The quantitative estimate of drug-likeness (QED) is 0.811. The summed E-state index contributed by atoms with van der Waals surface area (Å²) in [5, 5.41) is 3.00. The Hall–Kier alpha value is -2.89. The van der Waals surface area contributed by atoms with Crippen molar-refractivity contribution in [3.05, 3.63) is 47.5 Å². The topological polar surface area (TPSA) is 66.0 Å². The minimum absolute atomic E-state index is 0.00365. The molecule has 1 aliphatic rings. The molecule has 0 aromatic heterocycles. The van der Waals surface area contributed by atoms with Crippen molar-refractivity contribution in [2.24, 2.45) is 5.92 Å². The van der Waals surface area contributed by atoms with Gasteiger partial charge >= 0.3 is 0 Å². The molecule has 144 valence electrons. The highest BCUT2D eigenvalue weighted by atomic mass is 16.5. The summed E-state index contributed by atoms with van der Waals surface area (Å²) in [4.78, 5) is 12.5. The van der Waals surface area contributed by atoms with E-state index in [4.69, 9.17) is 18.9 Å². The number of hydrogen-bond acceptors (Lipinski definition) is 5. The number of carbonyl (C=O) groups excluding carboxylic acids is 1. The Morgan fingerprint density at radius 1 is 1.07 bits per heavy atom. The van der Waals surface area contributed by atoms with Crippen LogP contribution in [0.5, 0.6) is 23.0 Å². The number of ether oxygens (including phenoxy) is 4. The fourth-order valence-corrected chi connectivity index (χ4v) is 3.18. The summed E-state index contributed by atoms with van der Waals surface area (Å²) in [5.74, 6) is 2.78. The van der Waals surface area contributed by atoms with Crippen LogP contribution in [0.15, 0.2) is 36.4 Å². The van der Waals surface area contributed by atoms with Gasteiger partial charge in [0.1, 0.15) is 18.1 Å². The summed E-state index contributed by atoms with van der Waals surface area (Å²) in [7, 11) is 4.85. The third kappa shape index (κ3) is 4.45. The van der Waals surface area contributed by atoms with E-state index in [-0.39, 0.29) is 11.8 Å². The van der Waals surface area contributed by atoms with Gasteiger partial charge in [-0.3, -0.25) is 4.79 Å². The predicted octanol–water partition coefficient (Wildman–Crippen LogP) is 2.62. The van der Waals surface area contributed by atoms with Crippen LogP contribution in [0.4, 0.5) is 0 Å². The third-order valence-electron chi connectivity index (χ3n) is 4.71. The third-order valence-corrected chi connectivity index (χ3v) is 4.71. The zero-order chi connectivity index (χ0) is 19.2. The van der Waals surface area contributed by atoms with Gasteiger partial charge < -0.3 is 24.3 Å². The second kappa shape index (κ2) is 8.66. The number of nitrogens with one attached hydrogen (secondary N) is 1. The molecular formula is C21H25NO5. The zero-order valence-electron chi connectivity index (χ0n) is 15.9. The first-order chi connectivity index (χ1) is 13.1. The standard InChI is InChI=1S/C21H25NO5/c1-24-17-5-7-18-15(12-17)11-16(13-27-18)21(23)22-9-8-14-4-6-19(25-2)20(10-14)26-3/h4-7,10,12,16H,8-9,11,13H2,1-3H3,(H,22,23)/t16-/m0/s1. The lowest BCUT2D eigenvalue weighted by molar-refractivity contribution is -0.126. The van der Waals surface area contributed by atoms with E-state index in [9.17, 15) is 4.79 Å². The lowest BCUT2D eigenvalue weighted by Gasteiger charge is -2.25. The summed E-state index contributed by atoms with van der Waals surface area (Å²) in [6.45, 7) is 0.942. The van der Waals surface area contributed by atoms with Gasteiger partial charge in [-0.2, -0.15) is 0 Å². The van der Waals surface area contributed by atoms with Gasteiger partial charge in [0.2, 0.25) is 5.91 Å². The maximum Gasteiger partial charge on any atom is 0.226 e. The van der Waals surface area contributed by atoms with E-state index in [2.05, 4.69) is 5.32 Å². The van der Waals surface area contributed by atoms with Crippen molar-refractivity contribution in [3.8, 4) is 23.0 Å². The minimum atomic E-state index is -0.199. The molecule has 0 radical (unpaired) electrons. The van der Waals surface area contributed by atoms with Gasteiger partial charge in [-0.05, 0) is 54.3 Å². The van der Waals surface area contributed by atoms with Crippen molar-refractivity contribution in [2.45, 2.75) is 12.8 Å². The van der Waals surface area contributed by atoms with Crippen molar-refractivity contribution >= 4 is 5.91 Å². The molecule has 3 rings (SSSR count). The van der Waals surface area contributed by atoms with E-state index < -0.39 is 0 Å². The second-order valence-electron chi connectivity index (χ2n) is 6.42. The molecule has 6 heteroatoms. The molecule has 1 atom stereocenters. The van der Waals surface area contributed by atoms with Gasteiger partial charge in [0.15, 0.2) is 11.5 Å². The van der Waals surface area contributed by atoms with Crippen molar-refractivity contribution in [1.29, 1.82) is 0 Å². The number of fused-ring (bicyclic) bond motifs is 1. The minimum Gasteiger partial charge on any atom is -0.497 e. The van der Waals surface area contributed by atoms with Gasteiger partial charge in [0.05, 0.1) is 27.2 Å². The van der Waals surface area contributed by atoms with Crippen LogP contribution in [-0.4, -0.2) is 40.4 Å². The van der Waals surface area contributed by atoms with Crippen molar-refractivity contribution in [1.82, 2.24) is 5.32 Å². The zero-order valence-corrected chi connectivity index (χ0v) is 15.9. The lowest BCUT2D eigenvalue weighted by Crippen LogP contribution is -2.38. The molecule has 1 N–H and O–H groups in total. The Balaban J connectivity index is 1.54. The Morgan fingerprint density at radius 2 is 1.89 bits per heavy atom. The van der Waals surface area contributed by atoms with E-state index in [1.165, 1.54) is 0 Å². The van der Waals surface area contributed by atoms with E-state index in [0.29, 0.717) is 37.5 Å². The van der Waals surface area contributed by atoms with Crippen LogP contribution in [0.2, 0.25) is 0 Å². The smallest absolute Gasteiger partial charge is 0.226 e. The van der Waals surface area contributed by atoms with Crippen LogP contribution < -0.4 is 24.3 Å². The molecule has 0 saturated heterocycles. The highest BCUT2D eigenvalue weighted by Crippen LogP contribution is 2.31. The Labute approximate surface area is 159 Å². The predicted molar refractivity (Wildman–Crippen MR) is 102 cm³/mol. The number of benzene rings is 2. The van der Waals surface area contributed by atoms with Gasteiger partial charge in [-0.1, -0.05) is 6.07 Å². The van der Waals surface area contributed by atoms with E-state index in [1.807, 2.05) is 36.4 Å². The summed E-state index contributed by atoms with van der Waals surface area (Å²) >= 11 is 0. The molecular weight excluding hydrogens is 346 g/mol. The molecule has 0 aliphatic carbocycles. The summed E-state index contributed by atoms with van der Waals surface area (Å²) in [6.07, 6.45) is 1.36. The average Bonchev–Trinajstić information content (AvgIpc) is 2.72. The van der Waals surface area contributed by atoms with Gasteiger partial charge in [0, 0.05) is 6.54 Å². The molecule has 27 heavy (non-hydrogen) atoms. The first-order valence-electron chi connectivity index (χ1n) is 8.93. The van der Waals surface area contributed by atoms with E-state index in [0.717, 1.165) is 22.6 Å². The molecule has 2 aromatic carbocycles. The number of carbonyl (C=O) groups is 1. The maximum atomic E-state index is 12.5. The lowest BCUT2D eigenvalue weighted by atomic mass is 9.95. The van der Waals surface area contributed by atoms with Gasteiger partial charge in [-0.15, -0.1) is 0 Å². The van der Waals surface area contributed by atoms with Gasteiger partial charge in [0.25, 0.3) is 0 Å². The fraction of sp³-hybridized carbons (Fsp3) is 0.381. The highest BCUT2D eigenvalue weighted by molar-refractivity contribution is 5.79. The summed E-state index contributed by atoms with van der Waals surface area (Å²) in [6, 6.07) is 11.5. The monoisotopic (exact) mass is 371 g/mol. The first kappa shape index (κ1) is 18.9. The molecule has 6 nitrogen and oxygen atoms in total. The van der Waals surface area contributed by atoms with Crippen LogP contribution in [-0.2, 0) is 17.6 Å². The molecule has 0 fully saturated rings. The SMILES string of the molecule is COc1ccc2c(c1)C[C@H](C(=O)NCCc1ccc(OC)c(OC)c1)CO2. The van der Waals surface area contributed by atoms with Crippen molar-refractivity contribution < 1.29 is 23.7 Å². The average molecular weight is 371 g/mol. The number of rotatable bonds is 7. The van der Waals surface area contributed by atoms with Crippen LogP contribution in [0.25, 0.3) is 0 Å². The molecule has 2 aromatic rings. The second-order valence-corrected chi connectivity index (χ2v) is 6.42. The van der Waals surface area contributed by atoms with Gasteiger partial charge in [-0.25, -0.2) is 0 Å². The molecule has 1 heterocycles. The summed E-state index contributed by atoms with van der Waals surface area (Å²) < 4.78 is 21.5. The maximum absolute atomic E-state index is 12.5. The van der Waals surface area contributed by atoms with Crippen LogP contribution in [0.1, 0.15) is 11.1 Å². The van der Waals surface area contributed by atoms with Crippen molar-refractivity contribution in [3.63, 3.8) is 0 Å².